The first kappa shape index (κ1) is 22.4. The average molecular weight is 415 g/mol. The third kappa shape index (κ3) is 6.61. The number of hydrogen-bond donors (Lipinski definition) is 0. The Morgan fingerprint density at radius 2 is 1.53 bits per heavy atom. The first-order chi connectivity index (χ1) is 14.5. The van der Waals surface area contributed by atoms with E-state index in [0.29, 0.717) is 16.9 Å². The van der Waals surface area contributed by atoms with Gasteiger partial charge >= 0.3 is 11.9 Å². The van der Waals surface area contributed by atoms with Crippen LogP contribution in [0.1, 0.15) is 75.1 Å². The van der Waals surface area contributed by atoms with Gasteiger partial charge in [0, 0.05) is 5.57 Å². The molecule has 164 valence electrons. The van der Waals surface area contributed by atoms with E-state index in [1.807, 2.05) is 0 Å². The first-order valence-corrected chi connectivity index (χ1v) is 11.3. The monoisotopic (exact) mass is 414 g/mol. The van der Waals surface area contributed by atoms with E-state index in [0.717, 1.165) is 24.7 Å². The molecule has 2 fully saturated rings. The van der Waals surface area contributed by atoms with Crippen LogP contribution in [0.4, 0.5) is 0 Å². The average Bonchev–Trinajstić information content (AvgIpc) is 2.78. The van der Waals surface area contributed by atoms with Crippen LogP contribution in [0.5, 0.6) is 5.75 Å². The van der Waals surface area contributed by atoms with Crippen LogP contribution in [-0.4, -0.2) is 31.3 Å². The molecule has 5 nitrogen and oxygen atoms in total. The second-order valence-electron chi connectivity index (χ2n) is 8.63. The van der Waals surface area contributed by atoms with Gasteiger partial charge in [-0.2, -0.15) is 0 Å². The van der Waals surface area contributed by atoms with Crippen molar-refractivity contribution in [3.8, 4) is 5.75 Å². The molecule has 2 saturated carbocycles. The molecule has 0 saturated heterocycles. The summed E-state index contributed by atoms with van der Waals surface area (Å²) in [6.07, 6.45) is 11.3. The summed E-state index contributed by atoms with van der Waals surface area (Å²) in [5.41, 5.74) is 0.894. The van der Waals surface area contributed by atoms with Crippen LogP contribution in [0.3, 0.4) is 0 Å². The molecule has 0 amide bonds. The third-order valence-corrected chi connectivity index (χ3v) is 6.33. The van der Waals surface area contributed by atoms with Gasteiger partial charge in [0.05, 0.1) is 5.56 Å². The van der Waals surface area contributed by atoms with Crippen molar-refractivity contribution in [1.29, 1.82) is 0 Å². The summed E-state index contributed by atoms with van der Waals surface area (Å²) in [5, 5.41) is 0. The number of hydrogen-bond acceptors (Lipinski definition) is 5. The summed E-state index contributed by atoms with van der Waals surface area (Å²) in [6, 6.07) is 6.89. The highest BCUT2D eigenvalue weighted by Crippen LogP contribution is 2.39. The van der Waals surface area contributed by atoms with E-state index in [9.17, 15) is 9.59 Å². The summed E-state index contributed by atoms with van der Waals surface area (Å²) in [5.74, 6) is 1.65. The molecule has 30 heavy (non-hydrogen) atoms. The van der Waals surface area contributed by atoms with Gasteiger partial charge in [-0.15, -0.1) is 0 Å². The Morgan fingerprint density at radius 1 is 0.900 bits per heavy atom. The molecule has 5 heteroatoms. The van der Waals surface area contributed by atoms with Crippen LogP contribution < -0.4 is 4.74 Å². The minimum absolute atomic E-state index is 0.0382. The third-order valence-electron chi connectivity index (χ3n) is 6.33. The Bertz CT molecular complexity index is 710. The zero-order valence-electron chi connectivity index (χ0n) is 18.1. The lowest BCUT2D eigenvalue weighted by Crippen LogP contribution is -2.28. The molecule has 0 heterocycles. The Labute approximate surface area is 179 Å². The number of carbonyl (C=O) groups is 2. The van der Waals surface area contributed by atoms with Gasteiger partial charge in [-0.25, -0.2) is 9.59 Å². The largest absolute Gasteiger partial charge is 0.490 e. The van der Waals surface area contributed by atoms with E-state index in [4.69, 9.17) is 14.2 Å². The van der Waals surface area contributed by atoms with E-state index in [2.05, 4.69) is 6.58 Å². The van der Waals surface area contributed by atoms with Crippen molar-refractivity contribution in [2.24, 2.45) is 11.8 Å². The molecule has 0 aliphatic heterocycles. The Balaban J connectivity index is 1.37. The van der Waals surface area contributed by atoms with E-state index in [-0.39, 0.29) is 25.3 Å². The van der Waals surface area contributed by atoms with Gasteiger partial charge in [0.1, 0.15) is 25.1 Å². The fraction of sp³-hybridized carbons (Fsp3) is 0.600. The molecule has 0 radical (unpaired) electrons. The molecular formula is C25H34O5. The first-order valence-electron chi connectivity index (χ1n) is 11.3. The number of ether oxygens (including phenoxy) is 3. The molecule has 1 aromatic carbocycles. The number of carbonyl (C=O) groups excluding carboxylic acids is 2. The normalized spacial score (nSPS) is 22.2. The van der Waals surface area contributed by atoms with Crippen molar-refractivity contribution in [2.75, 3.05) is 13.2 Å². The lowest BCUT2D eigenvalue weighted by Gasteiger charge is -2.35. The molecule has 0 bridgehead atoms. The standard InChI is InChI=1S/C25H34O5/c1-18(2)24(26)29-17-16-28-22-12-10-21(11-13-22)25(27)30-23-14-8-20(9-15-23)19-6-4-3-5-7-19/h10-13,19-20,23H,1,3-9,14-17H2,2H3. The van der Waals surface area contributed by atoms with Crippen molar-refractivity contribution in [1.82, 2.24) is 0 Å². The fourth-order valence-electron chi connectivity index (χ4n) is 4.61. The van der Waals surface area contributed by atoms with Crippen molar-refractivity contribution in [3.05, 3.63) is 42.0 Å². The van der Waals surface area contributed by atoms with Gasteiger partial charge in [-0.05, 0) is 68.7 Å². The second kappa shape index (κ2) is 11.2. The maximum Gasteiger partial charge on any atom is 0.338 e. The van der Waals surface area contributed by atoms with Crippen molar-refractivity contribution in [3.63, 3.8) is 0 Å². The maximum atomic E-state index is 12.5. The minimum Gasteiger partial charge on any atom is -0.490 e. The fourth-order valence-corrected chi connectivity index (χ4v) is 4.61. The van der Waals surface area contributed by atoms with Gasteiger partial charge in [0.2, 0.25) is 0 Å². The second-order valence-corrected chi connectivity index (χ2v) is 8.63. The van der Waals surface area contributed by atoms with Gasteiger partial charge < -0.3 is 14.2 Å². The summed E-state index contributed by atoms with van der Waals surface area (Å²) in [7, 11) is 0. The molecule has 3 rings (SSSR count). The lowest BCUT2D eigenvalue weighted by molar-refractivity contribution is -0.139. The van der Waals surface area contributed by atoms with Crippen LogP contribution >= 0.6 is 0 Å². The summed E-state index contributed by atoms with van der Waals surface area (Å²) in [4.78, 5) is 23.8. The van der Waals surface area contributed by atoms with Crippen molar-refractivity contribution < 1.29 is 23.8 Å². The van der Waals surface area contributed by atoms with Gasteiger partial charge in [-0.1, -0.05) is 38.7 Å². The zero-order valence-corrected chi connectivity index (χ0v) is 18.1. The van der Waals surface area contributed by atoms with Gasteiger partial charge in [0.15, 0.2) is 0 Å². The summed E-state index contributed by atoms with van der Waals surface area (Å²) < 4.78 is 16.3. The Morgan fingerprint density at radius 3 is 2.17 bits per heavy atom. The van der Waals surface area contributed by atoms with Crippen molar-refractivity contribution >= 4 is 11.9 Å². The lowest BCUT2D eigenvalue weighted by atomic mass is 9.73. The molecule has 0 aromatic heterocycles. The number of rotatable bonds is 8. The number of esters is 2. The molecule has 2 aliphatic carbocycles. The molecule has 0 N–H and O–H groups in total. The van der Waals surface area contributed by atoms with E-state index in [1.54, 1.807) is 31.2 Å². The van der Waals surface area contributed by atoms with Crippen LogP contribution in [-0.2, 0) is 14.3 Å². The van der Waals surface area contributed by atoms with Gasteiger partial charge in [0.25, 0.3) is 0 Å². The predicted octanol–water partition coefficient (Wildman–Crippen LogP) is 5.48. The summed E-state index contributed by atoms with van der Waals surface area (Å²) >= 11 is 0. The van der Waals surface area contributed by atoms with Gasteiger partial charge in [-0.3, -0.25) is 0 Å². The molecular weight excluding hydrogens is 380 g/mol. The van der Waals surface area contributed by atoms with E-state index in [1.165, 1.54) is 44.9 Å². The van der Waals surface area contributed by atoms with Crippen molar-refractivity contribution in [2.45, 2.75) is 70.8 Å². The highest BCUT2D eigenvalue weighted by Gasteiger charge is 2.30. The molecule has 0 atom stereocenters. The van der Waals surface area contributed by atoms with E-state index < -0.39 is 5.97 Å². The highest BCUT2D eigenvalue weighted by atomic mass is 16.6. The predicted molar refractivity (Wildman–Crippen MR) is 115 cm³/mol. The van der Waals surface area contributed by atoms with Crippen LogP contribution in [0.25, 0.3) is 0 Å². The number of benzene rings is 1. The zero-order chi connectivity index (χ0) is 21.3. The SMILES string of the molecule is C=C(C)C(=O)OCCOc1ccc(C(=O)OC2CCC(C3CCCCC3)CC2)cc1. The highest BCUT2D eigenvalue weighted by molar-refractivity contribution is 5.89. The van der Waals surface area contributed by atoms with Crippen LogP contribution in [0.2, 0.25) is 0 Å². The quantitative estimate of drug-likeness (QED) is 0.320. The smallest absolute Gasteiger partial charge is 0.338 e. The topological polar surface area (TPSA) is 61.8 Å². The Hall–Kier alpha value is -2.30. The summed E-state index contributed by atoms with van der Waals surface area (Å²) in [6.45, 7) is 5.52. The molecule has 0 unspecified atom stereocenters. The minimum atomic E-state index is -0.426. The maximum absolute atomic E-state index is 12.5. The molecule has 0 spiro atoms. The Kier molecular flexibility index (Phi) is 8.35. The molecule has 1 aromatic rings. The van der Waals surface area contributed by atoms with E-state index >= 15 is 0 Å². The van der Waals surface area contributed by atoms with Crippen LogP contribution in [0.15, 0.2) is 36.4 Å². The molecule has 2 aliphatic rings. The van der Waals surface area contributed by atoms with Crippen LogP contribution in [0, 0.1) is 11.8 Å².